The molecule has 1 unspecified atom stereocenters. The zero-order valence-corrected chi connectivity index (χ0v) is 62.6. The number of carbonyl (C=O) groups excluding carboxylic acids is 2. The average Bonchev–Trinajstić information content (AvgIpc) is 1.47. The van der Waals surface area contributed by atoms with Crippen LogP contribution in [0.4, 0.5) is 0 Å². The van der Waals surface area contributed by atoms with Gasteiger partial charge >= 0.3 is 0 Å². The lowest BCUT2D eigenvalue weighted by molar-refractivity contribution is -0.400. The number of Topliss-reactive ketones (excluding diaryl/α,β-unsaturated/α-hetero) is 1. The van der Waals surface area contributed by atoms with Gasteiger partial charge in [-0.2, -0.15) is 0 Å². The third-order valence-corrected chi connectivity index (χ3v) is 22.6. The maximum atomic E-state index is 12.3. The van der Waals surface area contributed by atoms with E-state index in [4.69, 9.17) is 90.0 Å². The predicted octanol–water partition coefficient (Wildman–Crippen LogP) is -18.3. The molecule has 10 saturated heterocycles. The van der Waals surface area contributed by atoms with Gasteiger partial charge in [0, 0.05) is 13.2 Å². The van der Waals surface area contributed by atoms with Crippen LogP contribution in [-0.2, 0) is 101 Å². The molecule has 28 N–H and O–H groups in total. The van der Waals surface area contributed by atoms with E-state index in [9.17, 15) is 147 Å². The summed E-state index contributed by atoms with van der Waals surface area (Å²) in [6.07, 6.45) is -87.8. The van der Waals surface area contributed by atoms with Crippen molar-refractivity contribution in [1.29, 1.82) is 0 Å². The molecule has 49 nitrogen and oxygen atoms in total. The number of hydrogen-bond acceptors (Lipinski definition) is 48. The van der Waals surface area contributed by atoms with E-state index in [0.717, 1.165) is 7.11 Å². The quantitative estimate of drug-likeness (QED) is 0.0318. The van der Waals surface area contributed by atoms with Gasteiger partial charge in [0.15, 0.2) is 50.3 Å². The van der Waals surface area contributed by atoms with Crippen molar-refractivity contribution in [2.45, 2.75) is 303 Å². The number of methoxy groups -OCH3 is 1. The maximum Gasteiger partial charge on any atom is 0.288 e. The monoisotopic (exact) mass is 1710 g/mol. The van der Waals surface area contributed by atoms with Gasteiger partial charge in [0.25, 0.3) is 5.91 Å². The van der Waals surface area contributed by atoms with Crippen molar-refractivity contribution in [3.8, 4) is 5.75 Å². The summed E-state index contributed by atoms with van der Waals surface area (Å²) in [4.78, 5) is 24.4. The summed E-state index contributed by atoms with van der Waals surface area (Å²) in [5.41, 5.74) is -0.257. The first-order chi connectivity index (χ1) is 55.6. The zero-order chi connectivity index (χ0) is 85.4. The molecule has 672 valence electrons. The Morgan fingerprint density at radius 3 is 0.778 bits per heavy atom. The van der Waals surface area contributed by atoms with E-state index in [1.807, 2.05) is 0 Å². The summed E-state index contributed by atoms with van der Waals surface area (Å²) < 4.78 is 109. The molecule has 10 fully saturated rings. The topological polar surface area (TPSA) is 768 Å². The molecule has 0 bridgehead atoms. The number of hydrogen-bond donors (Lipinski definition) is 28. The number of carbonyl (C=O) groups is 2. The molecule has 117 heavy (non-hydrogen) atoms. The van der Waals surface area contributed by atoms with Crippen LogP contribution in [0.15, 0.2) is 24.3 Å². The van der Waals surface area contributed by atoms with Gasteiger partial charge in [0.1, 0.15) is 225 Å². The second-order valence-electron chi connectivity index (χ2n) is 30.4. The molecule has 0 saturated carbocycles. The Kier molecular flexibility index (Phi) is 32.2. The van der Waals surface area contributed by atoms with E-state index in [-0.39, 0.29) is 5.75 Å². The van der Waals surface area contributed by atoms with E-state index in [0.29, 0.717) is 12.0 Å². The van der Waals surface area contributed by atoms with Gasteiger partial charge in [-0.05, 0) is 24.1 Å². The predicted molar refractivity (Wildman–Crippen MR) is 361 cm³/mol. The number of aliphatic hydroxyl groups is 27. The Bertz CT molecular complexity index is 3260. The lowest BCUT2D eigenvalue weighted by Gasteiger charge is -2.50. The summed E-state index contributed by atoms with van der Waals surface area (Å²) in [6.45, 7) is -5.94. The molecule has 11 rings (SSSR count). The Labute approximate surface area is 662 Å². The SMILES string of the molecule is CO[C@H]1[C@H](O[C@H]2[C@H](O)[C@@H](O)[C@H](Oc3ccc(CC4NC(=O)C(=O)C4(C)C)cc3)O[C@@H]2CO)O[C@H](CO)[C@@H](O[C@@H]2O[C@H](CO)[C@@H](O[C@@H]3O[C@H](CO)[C@@H](O[C@@H]4O[C@H](CO)[C@@H](O[C@@H]5O[C@H](CO)[C@@H](O[C@@H]6O[C@H](CO)[C@@H](O[C@@H]7O[C@H](CO)[C@@H](O[C@@H]8O[C@H](CO)[C@@H](O)[C@H](O)[C@H]8O)[C@H](O)[C@H]7O)[C@H](O)[C@H]6O)[C@H](O)[C@H]5O)[C@H](O)[C@H]4O)[C@H](O)[C@H]3O)[C@H](O)[C@H]2O)[C@@H]1O. The first-order valence-electron chi connectivity index (χ1n) is 37.6. The highest BCUT2D eigenvalue weighted by atomic mass is 16.8. The van der Waals surface area contributed by atoms with E-state index in [1.54, 1.807) is 26.0 Å². The summed E-state index contributed by atoms with van der Waals surface area (Å²) in [7, 11) is 1.08. The third kappa shape index (κ3) is 19.3. The van der Waals surface area contributed by atoms with Gasteiger partial charge < -0.3 is 233 Å². The first kappa shape index (κ1) is 94.0. The third-order valence-electron chi connectivity index (χ3n) is 22.6. The van der Waals surface area contributed by atoms with Gasteiger partial charge in [-0.3, -0.25) is 9.59 Å². The van der Waals surface area contributed by atoms with Crippen LogP contribution < -0.4 is 10.1 Å². The van der Waals surface area contributed by atoms with Crippen LogP contribution in [0.2, 0.25) is 0 Å². The summed E-state index contributed by atoms with van der Waals surface area (Å²) >= 11 is 0. The molecule has 49 heteroatoms. The molecule has 1 aromatic rings. The van der Waals surface area contributed by atoms with Crippen LogP contribution in [0.5, 0.6) is 5.75 Å². The molecule has 0 radical (unpaired) electrons. The van der Waals surface area contributed by atoms with Crippen molar-refractivity contribution in [2.75, 3.05) is 66.6 Å². The highest BCUT2D eigenvalue weighted by Gasteiger charge is 2.61. The molecule has 10 heterocycles. The molecule has 46 atom stereocenters. The number of benzene rings is 1. The number of rotatable bonds is 30. The average molecular weight is 1710 g/mol. The van der Waals surface area contributed by atoms with Crippen LogP contribution >= 0.6 is 0 Å². The molecule has 1 amide bonds. The molecule has 10 aliphatic rings. The molecule has 0 aromatic heterocycles. The fraction of sp³-hybridized carbons (Fsp3) is 0.882. The van der Waals surface area contributed by atoms with Gasteiger partial charge in [-0.25, -0.2) is 0 Å². The minimum absolute atomic E-state index is 0.137. The van der Waals surface area contributed by atoms with E-state index in [2.05, 4.69) is 5.32 Å². The lowest BCUT2D eigenvalue weighted by Crippen LogP contribution is -2.68. The van der Waals surface area contributed by atoms with Crippen LogP contribution in [0, 0.1) is 5.41 Å². The second-order valence-corrected chi connectivity index (χ2v) is 30.4. The Balaban J connectivity index is 0.654. The Morgan fingerprint density at radius 1 is 0.291 bits per heavy atom. The summed E-state index contributed by atoms with van der Waals surface area (Å²) in [5.74, 6) is -1.10. The minimum atomic E-state index is -2.31. The maximum absolute atomic E-state index is 12.3. The fourth-order valence-corrected chi connectivity index (χ4v) is 15.5. The normalized spacial score (nSPS) is 49.3. The molecule has 0 spiro atoms. The van der Waals surface area contributed by atoms with Crippen molar-refractivity contribution >= 4 is 11.7 Å². The Morgan fingerprint density at radius 2 is 0.521 bits per heavy atom. The van der Waals surface area contributed by atoms with Crippen molar-refractivity contribution in [1.82, 2.24) is 5.32 Å². The van der Waals surface area contributed by atoms with Crippen molar-refractivity contribution in [3.05, 3.63) is 29.8 Å². The second kappa shape index (κ2) is 40.1. The standard InChI is InChI=1S/C68H107NO48/c1-68(2)29(69-58(98)57(68)97)8-18-4-6-19(7-5-18)100-59-40(89)32(81)54(27(16-77)102-59)117-67-56(99-3)47(96)55(28(17-78)109-67)116-66-46(95)38(87)53(26(15-76)108-66)115-65-45(94)37(86)52(25(14-75)107-65)114-64-44(93)36(85)51(24(13-74)106-64)113-63-43(92)35(84)50(23(12-73)105-63)112-62-42(91)34(83)49(22(11-72)104-62)111-61-41(90)33(82)48(21(10-71)103-61)110-60-39(88)31(80)30(79)20(9-70)101-60/h4-7,20-56,59-67,70-96H,8-17H2,1-3H3,(H,69,98)/t20-,21-,22-,23-,24-,25-,26-,27-,28-,29?,30-,31+,32-,33-,34-,35-,36-,37-,38-,39-,40-,41-,42-,43-,44-,45-,46-,47+,48-,49-,50-,51-,52-,53-,54-,55-,56-,59-,60+,61+,62+,63+,64+,65+,66+,67+/m1/s1. The van der Waals surface area contributed by atoms with E-state index in [1.165, 1.54) is 12.1 Å². The number of aliphatic hydroxyl groups excluding tert-OH is 27. The smallest absolute Gasteiger partial charge is 0.288 e. The van der Waals surface area contributed by atoms with Crippen LogP contribution in [-0.4, -0.2) is 499 Å². The molecule has 10 aliphatic heterocycles. The molecule has 0 aliphatic carbocycles. The van der Waals surface area contributed by atoms with Crippen molar-refractivity contribution < 1.29 is 237 Å². The van der Waals surface area contributed by atoms with Gasteiger partial charge in [0.05, 0.1) is 64.9 Å². The van der Waals surface area contributed by atoms with Crippen molar-refractivity contribution in [2.24, 2.45) is 5.41 Å². The molecular weight excluding hydrogens is 1600 g/mol. The van der Waals surface area contributed by atoms with Crippen LogP contribution in [0.1, 0.15) is 19.4 Å². The highest BCUT2D eigenvalue weighted by Crippen LogP contribution is 2.41. The van der Waals surface area contributed by atoms with E-state index < -0.39 is 359 Å². The van der Waals surface area contributed by atoms with Crippen LogP contribution in [0.3, 0.4) is 0 Å². The number of ketones is 1. The van der Waals surface area contributed by atoms with Gasteiger partial charge in [-0.15, -0.1) is 0 Å². The van der Waals surface area contributed by atoms with Crippen molar-refractivity contribution in [3.63, 3.8) is 0 Å². The number of ether oxygens (including phenoxy) is 19. The molecule has 1 aromatic carbocycles. The summed E-state index contributed by atoms with van der Waals surface area (Å²) in [6, 6.07) is 5.80. The number of amides is 1. The highest BCUT2D eigenvalue weighted by molar-refractivity contribution is 6.40. The minimum Gasteiger partial charge on any atom is -0.462 e. The fourth-order valence-electron chi connectivity index (χ4n) is 15.5. The van der Waals surface area contributed by atoms with Gasteiger partial charge in [-0.1, -0.05) is 26.0 Å². The largest absolute Gasteiger partial charge is 0.462 e. The van der Waals surface area contributed by atoms with Crippen LogP contribution in [0.25, 0.3) is 0 Å². The summed E-state index contributed by atoms with van der Waals surface area (Å²) in [5, 5.41) is 298. The lowest BCUT2D eigenvalue weighted by atomic mass is 9.81. The first-order valence-corrected chi connectivity index (χ1v) is 37.6. The van der Waals surface area contributed by atoms with Gasteiger partial charge in [0.2, 0.25) is 12.1 Å². The Hall–Kier alpha value is -3.64. The van der Waals surface area contributed by atoms with E-state index >= 15 is 0 Å². The molecular formula is C68H107NO48. The zero-order valence-electron chi connectivity index (χ0n) is 62.6. The number of nitrogens with one attached hydrogen (secondary N) is 1.